The molecular formula is C28H26O7. The predicted octanol–water partition coefficient (Wildman–Crippen LogP) is 3.86. The van der Waals surface area contributed by atoms with Gasteiger partial charge in [-0.05, 0) is 23.3 Å². The predicted molar refractivity (Wildman–Crippen MR) is 124 cm³/mol. The third kappa shape index (κ3) is 4.61. The first-order chi connectivity index (χ1) is 17.3. The summed E-state index contributed by atoms with van der Waals surface area (Å²) in [6, 6.07) is 28.7. The smallest absolute Gasteiger partial charge is 0.338 e. The molecule has 0 N–H and O–H groups in total. The first kappa shape index (κ1) is 22.4. The molecule has 0 radical (unpaired) electrons. The van der Waals surface area contributed by atoms with E-state index in [1.54, 1.807) is 24.3 Å². The fraction of sp³-hybridized carbons (Fsp3) is 0.321. The van der Waals surface area contributed by atoms with Crippen LogP contribution in [0.25, 0.3) is 0 Å². The van der Waals surface area contributed by atoms with Gasteiger partial charge in [0.15, 0.2) is 6.10 Å². The largest absolute Gasteiger partial charge is 0.453 e. The summed E-state index contributed by atoms with van der Waals surface area (Å²) in [6.45, 7) is -0.104. The Morgan fingerprint density at radius 2 is 1.03 bits per heavy atom. The molecule has 0 aromatic heterocycles. The third-order valence-electron chi connectivity index (χ3n) is 6.57. The lowest BCUT2D eigenvalue weighted by molar-refractivity contribution is -0.486. The van der Waals surface area contributed by atoms with Gasteiger partial charge in [-0.25, -0.2) is 4.79 Å². The second-order valence-corrected chi connectivity index (χ2v) is 8.85. The Labute approximate surface area is 203 Å². The van der Waals surface area contributed by atoms with E-state index in [0.29, 0.717) is 18.8 Å². The number of rotatable bonds is 8. The zero-order chi connectivity index (χ0) is 23.6. The first-order valence-electron chi connectivity index (χ1n) is 11.8. The van der Waals surface area contributed by atoms with Crippen LogP contribution >= 0.6 is 0 Å². The zero-order valence-electron chi connectivity index (χ0n) is 19.0. The van der Waals surface area contributed by atoms with Crippen LogP contribution in [0.3, 0.4) is 0 Å². The van der Waals surface area contributed by atoms with Crippen molar-refractivity contribution in [2.24, 2.45) is 0 Å². The molecule has 3 aromatic rings. The summed E-state index contributed by atoms with van der Waals surface area (Å²) in [5, 5.41) is 0. The molecule has 4 bridgehead atoms. The molecule has 3 aromatic carbocycles. The van der Waals surface area contributed by atoms with Gasteiger partial charge in [-0.2, -0.15) is 0 Å². The minimum absolute atomic E-state index is 0.367. The lowest BCUT2D eigenvalue weighted by atomic mass is 9.82. The standard InChI is InChI=1S/C28H26O7/c29-27(20-14-8-3-9-15-20)32-26-24-21(30-16-18-10-4-1-5-11-18)23-22(25(26)35-28(33-23)34-24)31-17-19-12-6-2-7-13-19/h1-15,21-26,28H,16-17H2/t21-,22-,23?,24-,25+,26?,28?/m0/s1. The molecular weight excluding hydrogens is 448 g/mol. The number of esters is 1. The van der Waals surface area contributed by atoms with Crippen molar-refractivity contribution in [2.45, 2.75) is 56.3 Å². The van der Waals surface area contributed by atoms with Crippen LogP contribution in [0.15, 0.2) is 91.0 Å². The molecule has 1 saturated carbocycles. The molecule has 180 valence electrons. The van der Waals surface area contributed by atoms with Gasteiger partial charge in [0.2, 0.25) is 0 Å². The molecule has 3 unspecified atom stereocenters. The number of benzene rings is 3. The third-order valence-corrected chi connectivity index (χ3v) is 6.57. The molecule has 0 amide bonds. The van der Waals surface area contributed by atoms with Crippen LogP contribution in [-0.4, -0.2) is 49.1 Å². The summed E-state index contributed by atoms with van der Waals surface area (Å²) in [5.41, 5.74) is 2.51. The van der Waals surface area contributed by atoms with Crippen molar-refractivity contribution in [3.05, 3.63) is 108 Å². The first-order valence-corrected chi connectivity index (χ1v) is 11.8. The lowest BCUT2D eigenvalue weighted by Gasteiger charge is -2.58. The van der Waals surface area contributed by atoms with E-state index < -0.39 is 49.1 Å². The van der Waals surface area contributed by atoms with Crippen LogP contribution < -0.4 is 0 Å². The number of carbonyl (C=O) groups excluding carboxylic acids is 1. The SMILES string of the molecule is O=C(OC1[C@H]2OC3OC([C@@H]2OCc2ccccc2)[C@H](OCc2ccccc2)[C@H]1O3)c1ccccc1. The molecule has 4 aliphatic rings. The Balaban J connectivity index is 1.25. The fourth-order valence-corrected chi connectivity index (χ4v) is 4.88. The highest BCUT2D eigenvalue weighted by atomic mass is 16.9. The average molecular weight is 475 g/mol. The summed E-state index contributed by atoms with van der Waals surface area (Å²) >= 11 is 0. The van der Waals surface area contributed by atoms with Crippen LogP contribution in [0.5, 0.6) is 0 Å². The van der Waals surface area contributed by atoms with Crippen molar-refractivity contribution < 1.29 is 33.2 Å². The number of hydrogen-bond acceptors (Lipinski definition) is 7. The number of hydrogen-bond donors (Lipinski definition) is 0. The summed E-state index contributed by atoms with van der Waals surface area (Å²) in [4.78, 5) is 13.0. The molecule has 35 heavy (non-hydrogen) atoms. The normalized spacial score (nSPS) is 30.8. The zero-order valence-corrected chi connectivity index (χ0v) is 19.0. The average Bonchev–Trinajstić information content (AvgIpc) is 2.91. The van der Waals surface area contributed by atoms with Crippen LogP contribution in [0, 0.1) is 0 Å². The van der Waals surface area contributed by atoms with Gasteiger partial charge in [0.05, 0.1) is 18.8 Å². The molecule has 3 aliphatic heterocycles. The summed E-state index contributed by atoms with van der Waals surface area (Å²) in [7, 11) is 0. The highest BCUT2D eigenvalue weighted by Gasteiger charge is 2.64. The monoisotopic (exact) mass is 474 g/mol. The quantitative estimate of drug-likeness (QED) is 0.459. The maximum atomic E-state index is 13.0. The summed E-state index contributed by atoms with van der Waals surface area (Å²) in [5.74, 6) is -0.445. The fourth-order valence-electron chi connectivity index (χ4n) is 4.88. The van der Waals surface area contributed by atoms with E-state index in [4.69, 9.17) is 28.4 Å². The molecule has 3 saturated heterocycles. The highest BCUT2D eigenvalue weighted by molar-refractivity contribution is 5.89. The summed E-state index contributed by atoms with van der Waals surface area (Å²) in [6.07, 6.45) is -3.20. The van der Waals surface area contributed by atoms with Gasteiger partial charge < -0.3 is 28.4 Å². The second kappa shape index (κ2) is 9.89. The van der Waals surface area contributed by atoms with E-state index >= 15 is 0 Å². The second-order valence-electron chi connectivity index (χ2n) is 8.85. The van der Waals surface area contributed by atoms with Crippen molar-refractivity contribution >= 4 is 5.97 Å². The van der Waals surface area contributed by atoms with Crippen LogP contribution in [-0.2, 0) is 41.6 Å². The Bertz CT molecular complexity index is 1060. The maximum absolute atomic E-state index is 13.0. The van der Waals surface area contributed by atoms with E-state index in [2.05, 4.69) is 0 Å². The Morgan fingerprint density at radius 1 is 0.600 bits per heavy atom. The lowest BCUT2D eigenvalue weighted by Crippen LogP contribution is -2.76. The van der Waals surface area contributed by atoms with E-state index in [1.807, 2.05) is 66.7 Å². The van der Waals surface area contributed by atoms with E-state index in [-0.39, 0.29) is 0 Å². The van der Waals surface area contributed by atoms with Crippen LogP contribution in [0.1, 0.15) is 21.5 Å². The van der Waals surface area contributed by atoms with Crippen molar-refractivity contribution in [1.29, 1.82) is 0 Å². The highest BCUT2D eigenvalue weighted by Crippen LogP contribution is 2.44. The van der Waals surface area contributed by atoms with Gasteiger partial charge in [0.1, 0.15) is 30.5 Å². The Morgan fingerprint density at radius 3 is 1.51 bits per heavy atom. The van der Waals surface area contributed by atoms with E-state index in [0.717, 1.165) is 11.1 Å². The Hall–Kier alpha value is -3.07. The molecule has 7 nitrogen and oxygen atoms in total. The molecule has 7 heteroatoms. The van der Waals surface area contributed by atoms with Crippen LogP contribution in [0.4, 0.5) is 0 Å². The summed E-state index contributed by atoms with van der Waals surface area (Å²) < 4.78 is 36.6. The van der Waals surface area contributed by atoms with Crippen LogP contribution in [0.2, 0.25) is 0 Å². The number of ether oxygens (including phenoxy) is 6. The van der Waals surface area contributed by atoms with Crippen molar-refractivity contribution in [2.75, 3.05) is 0 Å². The van der Waals surface area contributed by atoms with E-state index in [9.17, 15) is 4.79 Å². The molecule has 7 atom stereocenters. The molecule has 1 aliphatic carbocycles. The van der Waals surface area contributed by atoms with Gasteiger partial charge >= 0.3 is 5.97 Å². The van der Waals surface area contributed by atoms with Crippen molar-refractivity contribution in [3.8, 4) is 0 Å². The molecule has 4 fully saturated rings. The number of carbonyl (C=O) groups is 1. The minimum atomic E-state index is -0.838. The van der Waals surface area contributed by atoms with Gasteiger partial charge in [-0.1, -0.05) is 78.9 Å². The van der Waals surface area contributed by atoms with Gasteiger partial charge in [0, 0.05) is 0 Å². The topological polar surface area (TPSA) is 72.5 Å². The van der Waals surface area contributed by atoms with Gasteiger partial charge in [0.25, 0.3) is 6.48 Å². The van der Waals surface area contributed by atoms with Crippen molar-refractivity contribution in [3.63, 3.8) is 0 Å². The van der Waals surface area contributed by atoms with E-state index in [1.165, 1.54) is 0 Å². The maximum Gasteiger partial charge on any atom is 0.338 e. The Kier molecular flexibility index (Phi) is 6.33. The molecule has 0 spiro atoms. The minimum Gasteiger partial charge on any atom is -0.453 e. The van der Waals surface area contributed by atoms with Crippen molar-refractivity contribution in [1.82, 2.24) is 0 Å². The molecule has 7 rings (SSSR count). The molecule has 3 heterocycles. The van der Waals surface area contributed by atoms with Gasteiger partial charge in [-0.3, -0.25) is 0 Å². The van der Waals surface area contributed by atoms with Gasteiger partial charge in [-0.15, -0.1) is 0 Å².